The maximum Gasteiger partial charge on any atom is 0.217 e. The van der Waals surface area contributed by atoms with Gasteiger partial charge in [0, 0.05) is 13.1 Å². The van der Waals surface area contributed by atoms with Crippen molar-refractivity contribution in [1.82, 2.24) is 10.3 Å². The number of hydrogen-bond donors (Lipinski definition) is 1. The van der Waals surface area contributed by atoms with Gasteiger partial charge < -0.3 is 5.32 Å². The molecule has 1 atom stereocenters. The summed E-state index contributed by atoms with van der Waals surface area (Å²) in [4.78, 5) is 15.0. The highest BCUT2D eigenvalue weighted by atomic mass is 16.1. The van der Waals surface area contributed by atoms with E-state index < -0.39 is 0 Å². The fraction of sp³-hybridized carbons (Fsp3) is 0.400. The summed E-state index contributed by atoms with van der Waals surface area (Å²) < 4.78 is 0. The number of nitrogens with zero attached hydrogens (tertiary/aromatic N) is 1. The molecule has 0 bridgehead atoms. The molecule has 0 saturated heterocycles. The highest BCUT2D eigenvalue weighted by Gasteiger charge is 2.06. The van der Waals surface area contributed by atoms with Crippen molar-refractivity contribution in [2.75, 3.05) is 0 Å². The lowest BCUT2D eigenvalue weighted by Gasteiger charge is -2.11. The first-order valence-corrected chi connectivity index (χ1v) is 4.29. The van der Waals surface area contributed by atoms with E-state index in [1.165, 1.54) is 6.92 Å². The first-order chi connectivity index (χ1) is 6.09. The third kappa shape index (κ3) is 2.86. The molecule has 0 fully saturated rings. The Morgan fingerprint density at radius 1 is 1.62 bits per heavy atom. The fourth-order valence-corrected chi connectivity index (χ4v) is 1.18. The van der Waals surface area contributed by atoms with E-state index in [-0.39, 0.29) is 11.9 Å². The highest BCUT2D eigenvalue weighted by Crippen LogP contribution is 2.09. The maximum atomic E-state index is 10.8. The second-order valence-corrected chi connectivity index (χ2v) is 3.18. The molecule has 0 aliphatic carbocycles. The van der Waals surface area contributed by atoms with Crippen LogP contribution in [0.3, 0.4) is 0 Å². The van der Waals surface area contributed by atoms with Crippen LogP contribution in [0.5, 0.6) is 0 Å². The van der Waals surface area contributed by atoms with Crippen LogP contribution in [0, 0.1) is 6.92 Å². The molecule has 1 aromatic heterocycles. The number of nitrogens with one attached hydrogen (secondary N) is 1. The SMILES string of the molecule is CC(=O)NC(C)c1cc(C)ccn1. The maximum absolute atomic E-state index is 10.8. The van der Waals surface area contributed by atoms with Gasteiger partial charge in [-0.25, -0.2) is 0 Å². The minimum Gasteiger partial charge on any atom is -0.348 e. The van der Waals surface area contributed by atoms with E-state index >= 15 is 0 Å². The van der Waals surface area contributed by atoms with Gasteiger partial charge in [-0.3, -0.25) is 9.78 Å². The summed E-state index contributed by atoms with van der Waals surface area (Å²) in [7, 11) is 0. The standard InChI is InChI=1S/C10H14N2O/c1-7-4-5-11-10(6-7)8(2)12-9(3)13/h4-6,8H,1-3H3,(H,12,13). The Morgan fingerprint density at radius 3 is 2.85 bits per heavy atom. The zero-order chi connectivity index (χ0) is 9.84. The van der Waals surface area contributed by atoms with Crippen LogP contribution in [0.1, 0.15) is 31.1 Å². The van der Waals surface area contributed by atoms with Gasteiger partial charge in [-0.15, -0.1) is 0 Å². The van der Waals surface area contributed by atoms with Crippen LogP contribution in [0.15, 0.2) is 18.3 Å². The Kier molecular flexibility index (Phi) is 3.01. The minimum atomic E-state index is -0.0317. The van der Waals surface area contributed by atoms with Gasteiger partial charge in [0.2, 0.25) is 5.91 Å². The van der Waals surface area contributed by atoms with E-state index in [0.717, 1.165) is 11.3 Å². The van der Waals surface area contributed by atoms with E-state index in [9.17, 15) is 4.79 Å². The van der Waals surface area contributed by atoms with Gasteiger partial charge in [-0.1, -0.05) is 0 Å². The van der Waals surface area contributed by atoms with Crippen molar-refractivity contribution in [2.24, 2.45) is 0 Å². The molecule has 1 heterocycles. The predicted octanol–water partition coefficient (Wildman–Crippen LogP) is 1.59. The summed E-state index contributed by atoms with van der Waals surface area (Å²) in [5.74, 6) is -0.0317. The van der Waals surface area contributed by atoms with Gasteiger partial charge in [-0.05, 0) is 31.5 Å². The lowest BCUT2D eigenvalue weighted by atomic mass is 10.1. The molecule has 13 heavy (non-hydrogen) atoms. The average Bonchev–Trinajstić information content (AvgIpc) is 2.03. The number of carbonyl (C=O) groups excluding carboxylic acids is 1. The first kappa shape index (κ1) is 9.71. The Hall–Kier alpha value is -1.38. The highest BCUT2D eigenvalue weighted by molar-refractivity contribution is 5.73. The average molecular weight is 178 g/mol. The van der Waals surface area contributed by atoms with E-state index in [1.807, 2.05) is 26.0 Å². The largest absolute Gasteiger partial charge is 0.348 e. The van der Waals surface area contributed by atoms with Gasteiger partial charge in [-0.2, -0.15) is 0 Å². The number of pyridine rings is 1. The third-order valence-corrected chi connectivity index (χ3v) is 1.80. The molecule has 3 nitrogen and oxygen atoms in total. The quantitative estimate of drug-likeness (QED) is 0.747. The van der Waals surface area contributed by atoms with Crippen LogP contribution in [0.4, 0.5) is 0 Å². The summed E-state index contributed by atoms with van der Waals surface area (Å²) >= 11 is 0. The van der Waals surface area contributed by atoms with Crippen LogP contribution in [0.2, 0.25) is 0 Å². The molecule has 1 unspecified atom stereocenters. The molecule has 0 saturated carbocycles. The lowest BCUT2D eigenvalue weighted by Crippen LogP contribution is -2.24. The lowest BCUT2D eigenvalue weighted by molar-refractivity contribution is -0.119. The molecule has 0 spiro atoms. The van der Waals surface area contributed by atoms with E-state index in [0.29, 0.717) is 0 Å². The van der Waals surface area contributed by atoms with Crippen LogP contribution < -0.4 is 5.32 Å². The van der Waals surface area contributed by atoms with Crippen molar-refractivity contribution in [3.05, 3.63) is 29.6 Å². The summed E-state index contributed by atoms with van der Waals surface area (Å²) in [5.41, 5.74) is 2.05. The van der Waals surface area contributed by atoms with Crippen molar-refractivity contribution >= 4 is 5.91 Å². The normalized spacial score (nSPS) is 12.2. The number of amides is 1. The molecule has 0 aromatic carbocycles. The number of aryl methyl sites for hydroxylation is 1. The number of rotatable bonds is 2. The minimum absolute atomic E-state index is 0.0163. The Labute approximate surface area is 78.2 Å². The zero-order valence-corrected chi connectivity index (χ0v) is 8.16. The monoisotopic (exact) mass is 178 g/mol. The number of carbonyl (C=O) groups is 1. The van der Waals surface area contributed by atoms with Crippen molar-refractivity contribution in [3.63, 3.8) is 0 Å². The fourth-order valence-electron chi connectivity index (χ4n) is 1.18. The Morgan fingerprint density at radius 2 is 2.31 bits per heavy atom. The Balaban J connectivity index is 2.76. The molecule has 1 aromatic rings. The van der Waals surface area contributed by atoms with Crippen molar-refractivity contribution in [1.29, 1.82) is 0 Å². The van der Waals surface area contributed by atoms with Gasteiger partial charge in [0.1, 0.15) is 0 Å². The van der Waals surface area contributed by atoms with Gasteiger partial charge >= 0.3 is 0 Å². The number of aromatic nitrogens is 1. The first-order valence-electron chi connectivity index (χ1n) is 4.29. The van der Waals surface area contributed by atoms with Crippen molar-refractivity contribution < 1.29 is 4.79 Å². The van der Waals surface area contributed by atoms with Gasteiger partial charge in [0.15, 0.2) is 0 Å². The molecule has 0 aliphatic heterocycles. The molecular weight excluding hydrogens is 164 g/mol. The van der Waals surface area contributed by atoms with Gasteiger partial charge in [0.05, 0.1) is 11.7 Å². The molecule has 3 heteroatoms. The molecule has 1 amide bonds. The number of hydrogen-bond acceptors (Lipinski definition) is 2. The van der Waals surface area contributed by atoms with Crippen LogP contribution in [-0.2, 0) is 4.79 Å². The van der Waals surface area contributed by atoms with Crippen LogP contribution in [0.25, 0.3) is 0 Å². The molecule has 0 aliphatic rings. The summed E-state index contributed by atoms with van der Waals surface area (Å²) in [5, 5.41) is 2.78. The predicted molar refractivity (Wildman–Crippen MR) is 51.2 cm³/mol. The van der Waals surface area contributed by atoms with Crippen LogP contribution in [-0.4, -0.2) is 10.9 Å². The van der Waals surface area contributed by atoms with E-state index in [1.54, 1.807) is 6.20 Å². The summed E-state index contributed by atoms with van der Waals surface area (Å²) in [6.07, 6.45) is 1.75. The molecule has 70 valence electrons. The van der Waals surface area contributed by atoms with Crippen LogP contribution >= 0.6 is 0 Å². The van der Waals surface area contributed by atoms with E-state index in [2.05, 4.69) is 10.3 Å². The Bertz CT molecular complexity index is 310. The van der Waals surface area contributed by atoms with Crippen molar-refractivity contribution in [2.45, 2.75) is 26.8 Å². The zero-order valence-electron chi connectivity index (χ0n) is 8.16. The van der Waals surface area contributed by atoms with Crippen molar-refractivity contribution in [3.8, 4) is 0 Å². The second kappa shape index (κ2) is 4.03. The summed E-state index contributed by atoms with van der Waals surface area (Å²) in [6, 6.07) is 3.89. The topological polar surface area (TPSA) is 42.0 Å². The smallest absolute Gasteiger partial charge is 0.217 e. The molecule has 1 rings (SSSR count). The molecular formula is C10H14N2O. The molecule has 1 N–H and O–H groups in total. The van der Waals surface area contributed by atoms with E-state index in [4.69, 9.17) is 0 Å². The summed E-state index contributed by atoms with van der Waals surface area (Å²) in [6.45, 7) is 5.43. The second-order valence-electron chi connectivity index (χ2n) is 3.18. The van der Waals surface area contributed by atoms with Gasteiger partial charge in [0.25, 0.3) is 0 Å². The third-order valence-electron chi connectivity index (χ3n) is 1.80. The molecule has 0 radical (unpaired) electrons.